The van der Waals surface area contributed by atoms with Crippen molar-refractivity contribution in [2.45, 2.75) is 50.9 Å². The van der Waals surface area contributed by atoms with Crippen molar-refractivity contribution < 1.29 is 14.9 Å². The third kappa shape index (κ3) is 2.99. The summed E-state index contributed by atoms with van der Waals surface area (Å²) < 4.78 is 5.85. The van der Waals surface area contributed by atoms with E-state index >= 15 is 0 Å². The summed E-state index contributed by atoms with van der Waals surface area (Å²) >= 11 is 0. The van der Waals surface area contributed by atoms with Crippen LogP contribution in [0.4, 0.5) is 0 Å². The second-order valence-electron chi connectivity index (χ2n) is 4.72. The molecule has 1 aromatic rings. The maximum absolute atomic E-state index is 9.87. The van der Waals surface area contributed by atoms with Crippen molar-refractivity contribution in [1.82, 2.24) is 0 Å². The standard InChI is InChI=1S/C14H20O3/c1-10(15)11-6-2-4-8-13(11)17-14-9-5-3-7-12(14)16/h2,4,6,8,10,12,14-16H,3,5,7,9H2,1H3/t10-,12?,14?/m1/s1. The minimum absolute atomic E-state index is 0.136. The van der Waals surface area contributed by atoms with E-state index in [1.54, 1.807) is 6.92 Å². The van der Waals surface area contributed by atoms with Crippen LogP contribution >= 0.6 is 0 Å². The largest absolute Gasteiger partial charge is 0.487 e. The fraction of sp³-hybridized carbons (Fsp3) is 0.571. The Morgan fingerprint density at radius 1 is 1.24 bits per heavy atom. The number of rotatable bonds is 3. The summed E-state index contributed by atoms with van der Waals surface area (Å²) in [6.45, 7) is 1.72. The second-order valence-corrected chi connectivity index (χ2v) is 4.72. The minimum Gasteiger partial charge on any atom is -0.487 e. The van der Waals surface area contributed by atoms with Crippen LogP contribution in [0.1, 0.15) is 44.3 Å². The molecular formula is C14H20O3. The number of hydrogen-bond donors (Lipinski definition) is 2. The lowest BCUT2D eigenvalue weighted by atomic mass is 9.94. The molecule has 0 aromatic heterocycles. The van der Waals surface area contributed by atoms with Gasteiger partial charge in [-0.15, -0.1) is 0 Å². The van der Waals surface area contributed by atoms with Crippen molar-refractivity contribution in [3.05, 3.63) is 29.8 Å². The molecule has 2 unspecified atom stereocenters. The topological polar surface area (TPSA) is 49.7 Å². The molecule has 1 fully saturated rings. The zero-order chi connectivity index (χ0) is 12.3. The first-order valence-electron chi connectivity index (χ1n) is 6.30. The quantitative estimate of drug-likeness (QED) is 0.847. The Balaban J connectivity index is 2.12. The van der Waals surface area contributed by atoms with Gasteiger partial charge in [-0.2, -0.15) is 0 Å². The molecule has 3 nitrogen and oxygen atoms in total. The van der Waals surface area contributed by atoms with Gasteiger partial charge in [0.2, 0.25) is 0 Å². The van der Waals surface area contributed by atoms with Gasteiger partial charge in [-0.1, -0.05) is 24.6 Å². The molecule has 0 amide bonds. The van der Waals surface area contributed by atoms with Crippen molar-refractivity contribution in [1.29, 1.82) is 0 Å². The fourth-order valence-corrected chi connectivity index (χ4v) is 2.31. The van der Waals surface area contributed by atoms with Crippen LogP contribution in [0.5, 0.6) is 5.75 Å². The summed E-state index contributed by atoms with van der Waals surface area (Å²) in [4.78, 5) is 0. The molecule has 2 rings (SSSR count). The summed E-state index contributed by atoms with van der Waals surface area (Å²) in [5, 5.41) is 19.5. The number of aliphatic hydroxyl groups is 2. The van der Waals surface area contributed by atoms with E-state index in [1.165, 1.54) is 0 Å². The van der Waals surface area contributed by atoms with Crippen LogP contribution in [0.25, 0.3) is 0 Å². The third-order valence-corrected chi connectivity index (χ3v) is 3.32. The molecule has 0 radical (unpaired) electrons. The van der Waals surface area contributed by atoms with Gasteiger partial charge in [0.05, 0.1) is 12.2 Å². The van der Waals surface area contributed by atoms with Gasteiger partial charge >= 0.3 is 0 Å². The first-order chi connectivity index (χ1) is 8.18. The van der Waals surface area contributed by atoms with E-state index in [9.17, 15) is 10.2 Å². The Labute approximate surface area is 102 Å². The van der Waals surface area contributed by atoms with Crippen molar-refractivity contribution >= 4 is 0 Å². The first kappa shape index (κ1) is 12.4. The Bertz CT molecular complexity index is 362. The van der Waals surface area contributed by atoms with Gasteiger partial charge in [-0.25, -0.2) is 0 Å². The number of para-hydroxylation sites is 1. The molecular weight excluding hydrogens is 216 g/mol. The summed E-state index contributed by atoms with van der Waals surface area (Å²) in [7, 11) is 0. The number of aliphatic hydroxyl groups excluding tert-OH is 2. The summed E-state index contributed by atoms with van der Waals surface area (Å²) in [5.74, 6) is 0.688. The smallest absolute Gasteiger partial charge is 0.125 e. The normalized spacial score (nSPS) is 26.5. The maximum atomic E-state index is 9.87. The van der Waals surface area contributed by atoms with E-state index in [0.717, 1.165) is 31.2 Å². The highest BCUT2D eigenvalue weighted by Crippen LogP contribution is 2.29. The number of benzene rings is 1. The van der Waals surface area contributed by atoms with Crippen molar-refractivity contribution in [2.75, 3.05) is 0 Å². The molecule has 0 saturated heterocycles. The zero-order valence-corrected chi connectivity index (χ0v) is 10.2. The lowest BCUT2D eigenvalue weighted by Gasteiger charge is -2.29. The molecule has 1 aliphatic carbocycles. The molecule has 1 aliphatic rings. The van der Waals surface area contributed by atoms with E-state index in [1.807, 2.05) is 24.3 Å². The Kier molecular flexibility index (Phi) is 4.02. The van der Waals surface area contributed by atoms with Crippen molar-refractivity contribution in [3.63, 3.8) is 0 Å². The van der Waals surface area contributed by atoms with Gasteiger partial charge in [0.1, 0.15) is 11.9 Å². The van der Waals surface area contributed by atoms with Gasteiger partial charge < -0.3 is 14.9 Å². The highest BCUT2D eigenvalue weighted by atomic mass is 16.5. The molecule has 2 N–H and O–H groups in total. The molecule has 3 atom stereocenters. The molecule has 1 aromatic carbocycles. The predicted molar refractivity (Wildman–Crippen MR) is 66.0 cm³/mol. The van der Waals surface area contributed by atoms with Gasteiger partial charge in [0.15, 0.2) is 0 Å². The van der Waals surface area contributed by atoms with Crippen LogP contribution in [0, 0.1) is 0 Å². The SMILES string of the molecule is C[C@@H](O)c1ccccc1OC1CCCCC1O. The first-order valence-corrected chi connectivity index (χ1v) is 6.30. The average Bonchev–Trinajstić information content (AvgIpc) is 2.32. The Morgan fingerprint density at radius 3 is 2.65 bits per heavy atom. The summed E-state index contributed by atoms with van der Waals surface area (Å²) in [6.07, 6.45) is 2.79. The number of ether oxygens (including phenoxy) is 1. The third-order valence-electron chi connectivity index (χ3n) is 3.32. The van der Waals surface area contributed by atoms with E-state index in [4.69, 9.17) is 4.74 Å². The van der Waals surface area contributed by atoms with Crippen LogP contribution in [-0.2, 0) is 0 Å². The highest BCUT2D eigenvalue weighted by molar-refractivity contribution is 5.35. The van der Waals surface area contributed by atoms with E-state index in [-0.39, 0.29) is 12.2 Å². The maximum Gasteiger partial charge on any atom is 0.125 e. The average molecular weight is 236 g/mol. The van der Waals surface area contributed by atoms with Gasteiger partial charge in [-0.05, 0) is 32.3 Å². The van der Waals surface area contributed by atoms with E-state index in [2.05, 4.69) is 0 Å². The van der Waals surface area contributed by atoms with Gasteiger partial charge in [-0.3, -0.25) is 0 Å². The van der Waals surface area contributed by atoms with Gasteiger partial charge in [0, 0.05) is 5.56 Å². The molecule has 0 heterocycles. The molecule has 3 heteroatoms. The van der Waals surface area contributed by atoms with E-state index < -0.39 is 6.10 Å². The number of hydrogen-bond acceptors (Lipinski definition) is 3. The van der Waals surface area contributed by atoms with Gasteiger partial charge in [0.25, 0.3) is 0 Å². The summed E-state index contributed by atoms with van der Waals surface area (Å²) in [6, 6.07) is 7.47. The zero-order valence-electron chi connectivity index (χ0n) is 10.2. The second kappa shape index (κ2) is 5.52. The molecule has 94 valence electrons. The predicted octanol–water partition coefficient (Wildman–Crippen LogP) is 2.42. The molecule has 0 aliphatic heterocycles. The van der Waals surface area contributed by atoms with Crippen molar-refractivity contribution in [2.24, 2.45) is 0 Å². The lowest BCUT2D eigenvalue weighted by Crippen LogP contribution is -2.34. The van der Waals surface area contributed by atoms with Crippen LogP contribution in [0.3, 0.4) is 0 Å². The Morgan fingerprint density at radius 2 is 1.94 bits per heavy atom. The molecule has 0 bridgehead atoms. The minimum atomic E-state index is -0.549. The van der Waals surface area contributed by atoms with Crippen LogP contribution in [0.15, 0.2) is 24.3 Å². The van der Waals surface area contributed by atoms with E-state index in [0.29, 0.717) is 5.75 Å². The van der Waals surface area contributed by atoms with Crippen LogP contribution < -0.4 is 4.74 Å². The monoisotopic (exact) mass is 236 g/mol. The summed E-state index contributed by atoms with van der Waals surface area (Å²) in [5.41, 5.74) is 0.783. The molecule has 1 saturated carbocycles. The lowest BCUT2D eigenvalue weighted by molar-refractivity contribution is 0.00528. The van der Waals surface area contributed by atoms with Crippen molar-refractivity contribution in [3.8, 4) is 5.75 Å². The fourth-order valence-electron chi connectivity index (χ4n) is 2.31. The molecule has 17 heavy (non-hydrogen) atoms. The Hall–Kier alpha value is -1.06. The highest BCUT2D eigenvalue weighted by Gasteiger charge is 2.25. The van der Waals surface area contributed by atoms with Crippen LogP contribution in [-0.4, -0.2) is 22.4 Å². The molecule has 0 spiro atoms. The van der Waals surface area contributed by atoms with Crippen LogP contribution in [0.2, 0.25) is 0 Å².